The summed E-state index contributed by atoms with van der Waals surface area (Å²) >= 11 is 0. The predicted molar refractivity (Wildman–Crippen MR) is 105 cm³/mol. The van der Waals surface area contributed by atoms with E-state index in [4.69, 9.17) is 5.73 Å². The van der Waals surface area contributed by atoms with Gasteiger partial charge in [-0.2, -0.15) is 0 Å². The van der Waals surface area contributed by atoms with Crippen LogP contribution < -0.4 is 11.1 Å². The SMILES string of the molecule is Cc1cccc(NC(=O)CN(C)C(=O)C(C)C(N)c2ccccc2)c1C. The van der Waals surface area contributed by atoms with E-state index in [9.17, 15) is 9.59 Å². The molecule has 5 heteroatoms. The number of nitrogens with one attached hydrogen (secondary N) is 1. The number of rotatable bonds is 6. The number of hydrogen-bond donors (Lipinski definition) is 2. The molecule has 2 aromatic carbocycles. The molecule has 0 bridgehead atoms. The van der Waals surface area contributed by atoms with E-state index in [0.717, 1.165) is 22.4 Å². The van der Waals surface area contributed by atoms with Crippen LogP contribution >= 0.6 is 0 Å². The van der Waals surface area contributed by atoms with Gasteiger partial charge in [-0.05, 0) is 36.6 Å². The van der Waals surface area contributed by atoms with Crippen molar-refractivity contribution in [2.75, 3.05) is 18.9 Å². The first-order valence-corrected chi connectivity index (χ1v) is 8.72. The highest BCUT2D eigenvalue weighted by Gasteiger charge is 2.26. The second-order valence-corrected chi connectivity index (χ2v) is 6.72. The maximum absolute atomic E-state index is 12.6. The number of aryl methyl sites for hydroxylation is 1. The molecule has 2 aromatic rings. The van der Waals surface area contributed by atoms with Crippen molar-refractivity contribution in [3.63, 3.8) is 0 Å². The molecular weight excluding hydrogens is 326 g/mol. The second-order valence-electron chi connectivity index (χ2n) is 6.72. The van der Waals surface area contributed by atoms with Gasteiger partial charge in [-0.25, -0.2) is 0 Å². The van der Waals surface area contributed by atoms with Crippen molar-refractivity contribution in [1.29, 1.82) is 0 Å². The number of hydrogen-bond acceptors (Lipinski definition) is 3. The van der Waals surface area contributed by atoms with Gasteiger partial charge in [0.2, 0.25) is 11.8 Å². The predicted octanol–water partition coefficient (Wildman–Crippen LogP) is 3.04. The molecule has 26 heavy (non-hydrogen) atoms. The topological polar surface area (TPSA) is 75.4 Å². The summed E-state index contributed by atoms with van der Waals surface area (Å²) < 4.78 is 0. The Morgan fingerprint density at radius 2 is 1.73 bits per heavy atom. The minimum Gasteiger partial charge on any atom is -0.336 e. The van der Waals surface area contributed by atoms with Gasteiger partial charge in [-0.1, -0.05) is 49.4 Å². The molecular formula is C21H27N3O2. The van der Waals surface area contributed by atoms with Crippen LogP contribution in [0.3, 0.4) is 0 Å². The first-order valence-electron chi connectivity index (χ1n) is 8.72. The Morgan fingerprint density at radius 1 is 1.08 bits per heavy atom. The third-order valence-corrected chi connectivity index (χ3v) is 4.75. The molecule has 2 unspecified atom stereocenters. The first kappa shape index (κ1) is 19.7. The molecule has 0 saturated heterocycles. The van der Waals surface area contributed by atoms with Crippen LogP contribution in [-0.4, -0.2) is 30.3 Å². The molecule has 0 aliphatic heterocycles. The molecule has 0 aliphatic rings. The molecule has 3 N–H and O–H groups in total. The number of carbonyl (C=O) groups is 2. The van der Waals surface area contributed by atoms with Gasteiger partial charge in [-0.15, -0.1) is 0 Å². The van der Waals surface area contributed by atoms with Gasteiger partial charge in [0, 0.05) is 18.8 Å². The Kier molecular flexibility index (Phi) is 6.52. The molecule has 0 fully saturated rings. The van der Waals surface area contributed by atoms with Crippen LogP contribution in [0.5, 0.6) is 0 Å². The summed E-state index contributed by atoms with van der Waals surface area (Å²) in [6.07, 6.45) is 0. The standard InChI is InChI=1S/C21H27N3O2/c1-14-9-8-12-18(15(14)2)23-19(25)13-24(4)21(26)16(3)20(22)17-10-6-5-7-11-17/h5-12,16,20H,13,22H2,1-4H3,(H,23,25). The summed E-state index contributed by atoms with van der Waals surface area (Å²) in [6, 6.07) is 14.8. The zero-order valence-corrected chi connectivity index (χ0v) is 15.8. The number of benzene rings is 2. The van der Waals surface area contributed by atoms with E-state index >= 15 is 0 Å². The van der Waals surface area contributed by atoms with E-state index in [2.05, 4.69) is 5.32 Å². The molecule has 138 valence electrons. The van der Waals surface area contributed by atoms with E-state index in [1.54, 1.807) is 14.0 Å². The molecule has 0 radical (unpaired) electrons. The molecule has 2 rings (SSSR count). The molecule has 0 aromatic heterocycles. The highest BCUT2D eigenvalue weighted by atomic mass is 16.2. The normalized spacial score (nSPS) is 13.0. The maximum Gasteiger partial charge on any atom is 0.243 e. The minimum absolute atomic E-state index is 0.0158. The molecule has 5 nitrogen and oxygen atoms in total. The lowest BCUT2D eigenvalue weighted by atomic mass is 9.94. The van der Waals surface area contributed by atoms with Crippen LogP contribution in [0.1, 0.15) is 29.7 Å². The number of carbonyl (C=O) groups excluding carboxylic acids is 2. The van der Waals surface area contributed by atoms with Crippen molar-refractivity contribution < 1.29 is 9.59 Å². The van der Waals surface area contributed by atoms with Crippen molar-refractivity contribution >= 4 is 17.5 Å². The monoisotopic (exact) mass is 353 g/mol. The first-order chi connectivity index (χ1) is 12.3. The number of amides is 2. The average molecular weight is 353 g/mol. The van der Waals surface area contributed by atoms with Crippen LogP contribution in [0, 0.1) is 19.8 Å². The Labute approximate surface area is 155 Å². The Balaban J connectivity index is 1.97. The smallest absolute Gasteiger partial charge is 0.243 e. The molecule has 2 atom stereocenters. The van der Waals surface area contributed by atoms with Crippen LogP contribution in [-0.2, 0) is 9.59 Å². The molecule has 0 aliphatic carbocycles. The molecule has 2 amide bonds. The lowest BCUT2D eigenvalue weighted by Crippen LogP contribution is -2.41. The summed E-state index contributed by atoms with van der Waals surface area (Å²) in [5.74, 6) is -0.802. The van der Waals surface area contributed by atoms with Gasteiger partial charge < -0.3 is 16.0 Å². The Bertz CT molecular complexity index is 774. The van der Waals surface area contributed by atoms with Crippen LogP contribution in [0.2, 0.25) is 0 Å². The highest BCUT2D eigenvalue weighted by molar-refractivity contribution is 5.95. The van der Waals surface area contributed by atoms with Gasteiger partial charge in [0.05, 0.1) is 12.5 Å². The van der Waals surface area contributed by atoms with E-state index in [0.29, 0.717) is 0 Å². The largest absolute Gasteiger partial charge is 0.336 e. The lowest BCUT2D eigenvalue weighted by Gasteiger charge is -2.25. The van der Waals surface area contributed by atoms with Gasteiger partial charge >= 0.3 is 0 Å². The van der Waals surface area contributed by atoms with E-state index in [1.165, 1.54) is 4.90 Å². The molecule has 0 spiro atoms. The minimum atomic E-state index is -0.420. The Morgan fingerprint density at radius 3 is 2.38 bits per heavy atom. The summed E-state index contributed by atoms with van der Waals surface area (Å²) in [5.41, 5.74) is 10.0. The van der Waals surface area contributed by atoms with Crippen molar-refractivity contribution in [1.82, 2.24) is 4.90 Å². The zero-order chi connectivity index (χ0) is 19.3. The quantitative estimate of drug-likeness (QED) is 0.838. The third-order valence-electron chi connectivity index (χ3n) is 4.75. The van der Waals surface area contributed by atoms with Crippen LogP contribution in [0.15, 0.2) is 48.5 Å². The van der Waals surface area contributed by atoms with Gasteiger partial charge in [0.25, 0.3) is 0 Å². The van der Waals surface area contributed by atoms with Gasteiger partial charge in [0.15, 0.2) is 0 Å². The van der Waals surface area contributed by atoms with Crippen molar-refractivity contribution in [2.45, 2.75) is 26.8 Å². The number of nitrogens with two attached hydrogens (primary N) is 1. The third kappa shape index (κ3) is 4.70. The molecule has 0 saturated carbocycles. The summed E-state index contributed by atoms with van der Waals surface area (Å²) in [4.78, 5) is 26.4. The summed E-state index contributed by atoms with van der Waals surface area (Å²) in [7, 11) is 1.62. The maximum atomic E-state index is 12.6. The number of likely N-dealkylation sites (N-methyl/N-ethyl adjacent to an activating group) is 1. The second kappa shape index (κ2) is 8.63. The van der Waals surface area contributed by atoms with Gasteiger partial charge in [0.1, 0.15) is 0 Å². The number of nitrogens with zero attached hydrogens (tertiary/aromatic N) is 1. The molecule has 0 heterocycles. The number of anilines is 1. The van der Waals surface area contributed by atoms with E-state index in [1.807, 2.05) is 62.4 Å². The van der Waals surface area contributed by atoms with Crippen molar-refractivity contribution in [3.8, 4) is 0 Å². The fraction of sp³-hybridized carbons (Fsp3) is 0.333. The highest BCUT2D eigenvalue weighted by Crippen LogP contribution is 2.21. The average Bonchev–Trinajstić information content (AvgIpc) is 2.64. The van der Waals surface area contributed by atoms with Crippen LogP contribution in [0.25, 0.3) is 0 Å². The summed E-state index contributed by atoms with van der Waals surface area (Å²) in [6.45, 7) is 5.73. The van der Waals surface area contributed by atoms with Crippen molar-refractivity contribution in [2.24, 2.45) is 11.7 Å². The van der Waals surface area contributed by atoms with Crippen LogP contribution in [0.4, 0.5) is 5.69 Å². The van der Waals surface area contributed by atoms with E-state index in [-0.39, 0.29) is 18.4 Å². The summed E-state index contributed by atoms with van der Waals surface area (Å²) in [5, 5.41) is 2.87. The zero-order valence-electron chi connectivity index (χ0n) is 15.8. The Hall–Kier alpha value is -2.66. The van der Waals surface area contributed by atoms with Crippen molar-refractivity contribution in [3.05, 3.63) is 65.2 Å². The van der Waals surface area contributed by atoms with E-state index < -0.39 is 12.0 Å². The van der Waals surface area contributed by atoms with Gasteiger partial charge in [-0.3, -0.25) is 9.59 Å². The lowest BCUT2D eigenvalue weighted by molar-refractivity contribution is -0.137. The fourth-order valence-corrected chi connectivity index (χ4v) is 2.83. The fourth-order valence-electron chi connectivity index (χ4n) is 2.83.